The van der Waals surface area contributed by atoms with Crippen molar-refractivity contribution in [2.75, 3.05) is 19.7 Å². The van der Waals surface area contributed by atoms with Gasteiger partial charge in [-0.15, -0.1) is 0 Å². The minimum absolute atomic E-state index is 0.247. The molecule has 0 aliphatic heterocycles. The summed E-state index contributed by atoms with van der Waals surface area (Å²) in [5, 5.41) is 13.1. The highest BCUT2D eigenvalue weighted by atomic mass is 35.5. The van der Waals surface area contributed by atoms with E-state index in [2.05, 4.69) is 5.32 Å². The molecule has 1 aromatic rings. The van der Waals surface area contributed by atoms with Crippen LogP contribution in [0.3, 0.4) is 0 Å². The van der Waals surface area contributed by atoms with Crippen molar-refractivity contribution in [3.63, 3.8) is 0 Å². The maximum absolute atomic E-state index is 9.50. The summed E-state index contributed by atoms with van der Waals surface area (Å²) in [5.41, 5.74) is 0. The van der Waals surface area contributed by atoms with Gasteiger partial charge >= 0.3 is 0 Å². The Balaban J connectivity index is 2.33. The molecule has 0 heterocycles. The molecule has 0 fully saturated rings. The number of para-hydroxylation sites is 1. The molecule has 0 saturated heterocycles. The number of likely N-dealkylation sites (N-methyl/N-ethyl adjacent to an activating group) is 1. The Morgan fingerprint density at radius 1 is 1.47 bits per heavy atom. The van der Waals surface area contributed by atoms with Gasteiger partial charge in [-0.05, 0) is 18.7 Å². The molecule has 84 valence electrons. The van der Waals surface area contributed by atoms with Crippen LogP contribution in [0.5, 0.6) is 5.75 Å². The summed E-state index contributed by atoms with van der Waals surface area (Å²) in [4.78, 5) is 0. The summed E-state index contributed by atoms with van der Waals surface area (Å²) < 4.78 is 5.37. The van der Waals surface area contributed by atoms with Crippen LogP contribution in [0.25, 0.3) is 0 Å². The molecule has 3 nitrogen and oxygen atoms in total. The van der Waals surface area contributed by atoms with E-state index in [0.717, 1.165) is 6.54 Å². The number of halogens is 1. The summed E-state index contributed by atoms with van der Waals surface area (Å²) >= 11 is 5.89. The molecule has 0 amide bonds. The van der Waals surface area contributed by atoms with Gasteiger partial charge in [0.1, 0.15) is 18.5 Å². The number of rotatable bonds is 6. The number of ether oxygens (including phenoxy) is 1. The normalized spacial score (nSPS) is 12.5. The summed E-state index contributed by atoms with van der Waals surface area (Å²) in [7, 11) is 0. The number of aliphatic hydroxyl groups is 1. The number of hydrogen-bond acceptors (Lipinski definition) is 3. The van der Waals surface area contributed by atoms with Gasteiger partial charge in [-0.25, -0.2) is 0 Å². The van der Waals surface area contributed by atoms with Crippen LogP contribution >= 0.6 is 11.6 Å². The molecule has 0 bridgehead atoms. The first-order valence-corrected chi connectivity index (χ1v) is 5.38. The second-order valence-corrected chi connectivity index (χ2v) is 3.61. The largest absolute Gasteiger partial charge is 0.489 e. The van der Waals surface area contributed by atoms with E-state index in [1.54, 1.807) is 12.1 Å². The third-order valence-corrected chi connectivity index (χ3v) is 2.21. The summed E-state index contributed by atoms with van der Waals surface area (Å²) in [6, 6.07) is 7.22. The van der Waals surface area contributed by atoms with Crippen LogP contribution in [0.2, 0.25) is 5.02 Å². The summed E-state index contributed by atoms with van der Waals surface area (Å²) in [6.07, 6.45) is -0.513. The quantitative estimate of drug-likeness (QED) is 0.780. The molecular formula is C11H16ClNO2. The lowest BCUT2D eigenvalue weighted by molar-refractivity contribution is 0.107. The van der Waals surface area contributed by atoms with Gasteiger partial charge in [-0.3, -0.25) is 0 Å². The molecule has 0 aromatic heterocycles. The van der Waals surface area contributed by atoms with E-state index < -0.39 is 6.10 Å². The highest BCUT2D eigenvalue weighted by molar-refractivity contribution is 6.32. The smallest absolute Gasteiger partial charge is 0.138 e. The molecule has 0 aliphatic rings. The Morgan fingerprint density at radius 2 is 2.20 bits per heavy atom. The van der Waals surface area contributed by atoms with Gasteiger partial charge in [0.15, 0.2) is 0 Å². The van der Waals surface area contributed by atoms with Crippen molar-refractivity contribution in [3.8, 4) is 5.75 Å². The number of benzene rings is 1. The lowest BCUT2D eigenvalue weighted by atomic mass is 10.3. The first-order valence-electron chi connectivity index (χ1n) is 5.00. The monoisotopic (exact) mass is 229 g/mol. The van der Waals surface area contributed by atoms with E-state index in [1.807, 2.05) is 19.1 Å². The van der Waals surface area contributed by atoms with Crippen LogP contribution < -0.4 is 10.1 Å². The van der Waals surface area contributed by atoms with Crippen molar-refractivity contribution < 1.29 is 9.84 Å². The predicted molar refractivity (Wildman–Crippen MR) is 61.5 cm³/mol. The highest BCUT2D eigenvalue weighted by Gasteiger charge is 2.05. The predicted octanol–water partition coefficient (Wildman–Crippen LogP) is 1.69. The first kappa shape index (κ1) is 12.3. The van der Waals surface area contributed by atoms with E-state index in [1.165, 1.54) is 0 Å². The molecule has 1 atom stereocenters. The van der Waals surface area contributed by atoms with Gasteiger partial charge in [-0.1, -0.05) is 30.7 Å². The lowest BCUT2D eigenvalue weighted by Crippen LogP contribution is -2.31. The number of hydrogen-bond donors (Lipinski definition) is 2. The molecular weight excluding hydrogens is 214 g/mol. The van der Waals surface area contributed by atoms with Crippen LogP contribution in [0.1, 0.15) is 6.92 Å². The Labute approximate surface area is 95.0 Å². The topological polar surface area (TPSA) is 41.5 Å². The van der Waals surface area contributed by atoms with Gasteiger partial charge in [0.25, 0.3) is 0 Å². The highest BCUT2D eigenvalue weighted by Crippen LogP contribution is 2.22. The second-order valence-electron chi connectivity index (χ2n) is 3.20. The van der Waals surface area contributed by atoms with Crippen LogP contribution in [0.15, 0.2) is 24.3 Å². The molecule has 0 unspecified atom stereocenters. The average molecular weight is 230 g/mol. The van der Waals surface area contributed by atoms with E-state index in [0.29, 0.717) is 17.3 Å². The van der Waals surface area contributed by atoms with Crippen molar-refractivity contribution in [1.82, 2.24) is 5.32 Å². The zero-order chi connectivity index (χ0) is 11.1. The Bertz CT molecular complexity index is 294. The second kappa shape index (κ2) is 6.67. The van der Waals surface area contributed by atoms with E-state index in [4.69, 9.17) is 16.3 Å². The Hall–Kier alpha value is -0.770. The van der Waals surface area contributed by atoms with Crippen LogP contribution in [-0.4, -0.2) is 30.9 Å². The maximum Gasteiger partial charge on any atom is 0.138 e. The van der Waals surface area contributed by atoms with Crippen LogP contribution in [0.4, 0.5) is 0 Å². The first-order chi connectivity index (χ1) is 7.24. The lowest BCUT2D eigenvalue weighted by Gasteiger charge is -2.13. The standard InChI is InChI=1S/C11H16ClNO2/c1-2-13-7-9(14)8-15-11-6-4-3-5-10(11)12/h3-6,9,13-14H,2,7-8H2,1H3/t9-/m0/s1. The van der Waals surface area contributed by atoms with E-state index in [-0.39, 0.29) is 6.61 Å². The van der Waals surface area contributed by atoms with Gasteiger partial charge in [0, 0.05) is 6.54 Å². The van der Waals surface area contributed by atoms with Crippen molar-refractivity contribution in [3.05, 3.63) is 29.3 Å². The van der Waals surface area contributed by atoms with Crippen molar-refractivity contribution in [2.45, 2.75) is 13.0 Å². The fourth-order valence-corrected chi connectivity index (χ4v) is 1.31. The fourth-order valence-electron chi connectivity index (χ4n) is 1.12. The fraction of sp³-hybridized carbons (Fsp3) is 0.455. The Morgan fingerprint density at radius 3 is 2.87 bits per heavy atom. The molecule has 4 heteroatoms. The minimum Gasteiger partial charge on any atom is -0.489 e. The van der Waals surface area contributed by atoms with E-state index >= 15 is 0 Å². The van der Waals surface area contributed by atoms with Crippen LogP contribution in [-0.2, 0) is 0 Å². The van der Waals surface area contributed by atoms with Crippen molar-refractivity contribution >= 4 is 11.6 Å². The maximum atomic E-state index is 9.50. The minimum atomic E-state index is -0.513. The molecule has 0 aliphatic carbocycles. The van der Waals surface area contributed by atoms with Crippen molar-refractivity contribution in [1.29, 1.82) is 0 Å². The average Bonchev–Trinajstić information content (AvgIpc) is 2.25. The molecule has 15 heavy (non-hydrogen) atoms. The molecule has 1 aromatic carbocycles. The SMILES string of the molecule is CCNC[C@H](O)COc1ccccc1Cl. The zero-order valence-corrected chi connectivity index (χ0v) is 9.50. The third-order valence-electron chi connectivity index (χ3n) is 1.90. The zero-order valence-electron chi connectivity index (χ0n) is 8.74. The molecule has 2 N–H and O–H groups in total. The van der Waals surface area contributed by atoms with Gasteiger partial charge in [-0.2, -0.15) is 0 Å². The van der Waals surface area contributed by atoms with Gasteiger partial charge in [0.2, 0.25) is 0 Å². The van der Waals surface area contributed by atoms with E-state index in [9.17, 15) is 5.11 Å². The number of aliphatic hydroxyl groups excluding tert-OH is 1. The van der Waals surface area contributed by atoms with Crippen molar-refractivity contribution in [2.24, 2.45) is 0 Å². The molecule has 1 rings (SSSR count). The Kier molecular flexibility index (Phi) is 5.47. The van der Waals surface area contributed by atoms with Gasteiger partial charge < -0.3 is 15.2 Å². The third kappa shape index (κ3) is 4.51. The summed E-state index contributed by atoms with van der Waals surface area (Å²) in [6.45, 7) is 3.60. The molecule has 0 saturated carbocycles. The molecule has 0 spiro atoms. The van der Waals surface area contributed by atoms with Gasteiger partial charge in [0.05, 0.1) is 5.02 Å². The molecule has 0 radical (unpaired) electrons. The van der Waals surface area contributed by atoms with Crippen LogP contribution in [0, 0.1) is 0 Å². The number of nitrogens with one attached hydrogen (secondary N) is 1. The summed E-state index contributed by atoms with van der Waals surface area (Å²) in [5.74, 6) is 0.606.